The van der Waals surface area contributed by atoms with Crippen LogP contribution in [0.5, 0.6) is 0 Å². The van der Waals surface area contributed by atoms with Crippen molar-refractivity contribution >= 4 is 23.3 Å². The standard InChI is InChI=1S/C14H10ClF2NO2/c15-9-5-3-4-8(12(9)17)13(14(19)20)18-11-7-2-1-6-10(11)16/h1-7,13,18H,(H,19,20). The van der Waals surface area contributed by atoms with Crippen molar-refractivity contribution in [3.8, 4) is 0 Å². The van der Waals surface area contributed by atoms with Gasteiger partial charge in [-0.25, -0.2) is 13.6 Å². The van der Waals surface area contributed by atoms with Crippen LogP contribution < -0.4 is 5.32 Å². The zero-order valence-corrected chi connectivity index (χ0v) is 10.9. The number of benzene rings is 2. The molecule has 104 valence electrons. The Bertz CT molecular complexity index is 649. The maximum Gasteiger partial charge on any atom is 0.330 e. The van der Waals surface area contributed by atoms with Crippen molar-refractivity contribution in [1.29, 1.82) is 0 Å². The van der Waals surface area contributed by atoms with E-state index in [0.29, 0.717) is 0 Å². The van der Waals surface area contributed by atoms with E-state index in [2.05, 4.69) is 5.32 Å². The van der Waals surface area contributed by atoms with Gasteiger partial charge in [-0.15, -0.1) is 0 Å². The van der Waals surface area contributed by atoms with Gasteiger partial charge in [0.1, 0.15) is 11.6 Å². The third-order valence-corrected chi connectivity index (χ3v) is 3.01. The van der Waals surface area contributed by atoms with Crippen molar-refractivity contribution in [3.05, 3.63) is 64.7 Å². The van der Waals surface area contributed by atoms with Crippen molar-refractivity contribution in [1.82, 2.24) is 0 Å². The molecule has 0 aliphatic carbocycles. The zero-order chi connectivity index (χ0) is 14.7. The predicted octanol–water partition coefficient (Wildman–Crippen LogP) is 3.86. The lowest BCUT2D eigenvalue weighted by Crippen LogP contribution is -2.22. The molecule has 0 saturated heterocycles. The number of rotatable bonds is 4. The predicted molar refractivity (Wildman–Crippen MR) is 71.8 cm³/mol. The lowest BCUT2D eigenvalue weighted by molar-refractivity contribution is -0.138. The number of carboxylic acid groups (broad SMARTS) is 1. The number of halogens is 3. The fraction of sp³-hybridized carbons (Fsp3) is 0.0714. The first kappa shape index (κ1) is 14.3. The van der Waals surface area contributed by atoms with Crippen LogP contribution in [0.15, 0.2) is 42.5 Å². The van der Waals surface area contributed by atoms with Gasteiger partial charge in [-0.2, -0.15) is 0 Å². The third kappa shape index (κ3) is 2.88. The van der Waals surface area contributed by atoms with Crippen LogP contribution >= 0.6 is 11.6 Å². The summed E-state index contributed by atoms with van der Waals surface area (Å²) >= 11 is 5.63. The van der Waals surface area contributed by atoms with Crippen LogP contribution in [0.4, 0.5) is 14.5 Å². The van der Waals surface area contributed by atoms with Crippen molar-refractivity contribution < 1.29 is 18.7 Å². The molecule has 0 aliphatic heterocycles. The molecule has 0 aromatic heterocycles. The summed E-state index contributed by atoms with van der Waals surface area (Å²) in [7, 11) is 0. The minimum atomic E-state index is -1.44. The summed E-state index contributed by atoms with van der Waals surface area (Å²) in [6.45, 7) is 0. The first-order chi connectivity index (χ1) is 9.50. The van der Waals surface area contributed by atoms with Crippen LogP contribution in [0.25, 0.3) is 0 Å². The number of anilines is 1. The number of hydrogen-bond donors (Lipinski definition) is 2. The summed E-state index contributed by atoms with van der Waals surface area (Å²) in [6, 6.07) is 8.14. The molecule has 2 rings (SSSR count). The van der Waals surface area contributed by atoms with Crippen molar-refractivity contribution in [3.63, 3.8) is 0 Å². The van der Waals surface area contributed by atoms with Crippen LogP contribution in [0.3, 0.4) is 0 Å². The van der Waals surface area contributed by atoms with Gasteiger partial charge in [0.25, 0.3) is 0 Å². The van der Waals surface area contributed by atoms with Gasteiger partial charge in [-0.1, -0.05) is 35.9 Å². The van der Waals surface area contributed by atoms with Gasteiger partial charge < -0.3 is 10.4 Å². The average molecular weight is 298 g/mol. The number of carbonyl (C=O) groups is 1. The summed E-state index contributed by atoms with van der Waals surface area (Å²) in [5, 5.41) is 11.5. The second kappa shape index (κ2) is 5.88. The zero-order valence-electron chi connectivity index (χ0n) is 10.1. The van der Waals surface area contributed by atoms with E-state index in [0.717, 1.165) is 0 Å². The lowest BCUT2D eigenvalue weighted by Gasteiger charge is -2.17. The monoisotopic (exact) mass is 297 g/mol. The van der Waals surface area contributed by atoms with Crippen molar-refractivity contribution in [2.75, 3.05) is 5.32 Å². The Morgan fingerprint density at radius 1 is 1.15 bits per heavy atom. The van der Waals surface area contributed by atoms with Crippen LogP contribution in [0.2, 0.25) is 5.02 Å². The molecule has 6 heteroatoms. The van der Waals surface area contributed by atoms with Crippen molar-refractivity contribution in [2.24, 2.45) is 0 Å². The van der Waals surface area contributed by atoms with E-state index in [-0.39, 0.29) is 16.3 Å². The quantitative estimate of drug-likeness (QED) is 0.901. The molecular weight excluding hydrogens is 288 g/mol. The number of nitrogens with one attached hydrogen (secondary N) is 1. The maximum absolute atomic E-state index is 13.9. The minimum absolute atomic E-state index is 0.0284. The Labute approximate surface area is 118 Å². The van der Waals surface area contributed by atoms with Gasteiger partial charge in [0.2, 0.25) is 0 Å². The molecule has 1 atom stereocenters. The topological polar surface area (TPSA) is 49.3 Å². The highest BCUT2D eigenvalue weighted by Crippen LogP contribution is 2.27. The molecule has 0 saturated carbocycles. The summed E-state index contributed by atoms with van der Waals surface area (Å²) in [4.78, 5) is 11.3. The largest absolute Gasteiger partial charge is 0.479 e. The Morgan fingerprint density at radius 2 is 1.85 bits per heavy atom. The normalized spacial score (nSPS) is 11.9. The SMILES string of the molecule is O=C(O)C(Nc1ccccc1F)c1cccc(Cl)c1F. The Morgan fingerprint density at radius 3 is 2.50 bits per heavy atom. The second-order valence-electron chi connectivity index (χ2n) is 4.04. The summed E-state index contributed by atoms with van der Waals surface area (Å²) < 4.78 is 27.4. The highest BCUT2D eigenvalue weighted by atomic mass is 35.5. The third-order valence-electron chi connectivity index (χ3n) is 2.71. The number of carboxylic acids is 1. The molecule has 0 aliphatic rings. The Balaban J connectivity index is 2.40. The molecule has 1 unspecified atom stereocenters. The van der Waals surface area contributed by atoms with Gasteiger partial charge in [0.15, 0.2) is 6.04 Å². The van der Waals surface area contributed by atoms with Crippen LogP contribution in [0.1, 0.15) is 11.6 Å². The van der Waals surface area contributed by atoms with E-state index in [9.17, 15) is 18.7 Å². The Kier molecular flexibility index (Phi) is 4.20. The van der Waals surface area contributed by atoms with Gasteiger partial charge in [-0.3, -0.25) is 0 Å². The fourth-order valence-electron chi connectivity index (χ4n) is 1.75. The van der Waals surface area contributed by atoms with E-state index in [1.165, 1.54) is 36.4 Å². The molecule has 3 nitrogen and oxygen atoms in total. The molecular formula is C14H10ClF2NO2. The fourth-order valence-corrected chi connectivity index (χ4v) is 1.93. The van der Waals surface area contributed by atoms with E-state index in [1.54, 1.807) is 6.07 Å². The maximum atomic E-state index is 13.9. The summed E-state index contributed by atoms with van der Waals surface area (Å²) in [5.74, 6) is -2.80. The van der Waals surface area contributed by atoms with E-state index in [1.807, 2.05) is 0 Å². The smallest absolute Gasteiger partial charge is 0.330 e. The van der Waals surface area contributed by atoms with Gasteiger partial charge in [0.05, 0.1) is 10.7 Å². The highest BCUT2D eigenvalue weighted by molar-refractivity contribution is 6.30. The second-order valence-corrected chi connectivity index (χ2v) is 4.45. The minimum Gasteiger partial charge on any atom is -0.479 e. The van der Waals surface area contributed by atoms with E-state index < -0.39 is 23.6 Å². The summed E-state index contributed by atoms with van der Waals surface area (Å²) in [6.07, 6.45) is 0. The van der Waals surface area contributed by atoms with E-state index >= 15 is 0 Å². The molecule has 0 fully saturated rings. The number of hydrogen-bond acceptors (Lipinski definition) is 2. The number of para-hydroxylation sites is 1. The molecule has 0 spiro atoms. The first-order valence-electron chi connectivity index (χ1n) is 5.68. The van der Waals surface area contributed by atoms with Gasteiger partial charge >= 0.3 is 5.97 Å². The molecule has 2 aromatic rings. The first-order valence-corrected chi connectivity index (χ1v) is 6.06. The molecule has 0 amide bonds. The lowest BCUT2D eigenvalue weighted by atomic mass is 10.1. The highest BCUT2D eigenvalue weighted by Gasteiger charge is 2.25. The van der Waals surface area contributed by atoms with Crippen LogP contribution in [-0.2, 0) is 4.79 Å². The van der Waals surface area contributed by atoms with Crippen LogP contribution in [-0.4, -0.2) is 11.1 Å². The molecule has 0 heterocycles. The summed E-state index contributed by atoms with van der Waals surface area (Å²) in [5.41, 5.74) is -0.187. The van der Waals surface area contributed by atoms with Gasteiger partial charge in [0, 0.05) is 5.56 Å². The van der Waals surface area contributed by atoms with Crippen molar-refractivity contribution in [2.45, 2.75) is 6.04 Å². The molecule has 2 N–H and O–H groups in total. The van der Waals surface area contributed by atoms with Gasteiger partial charge in [-0.05, 0) is 18.2 Å². The molecule has 20 heavy (non-hydrogen) atoms. The van der Waals surface area contributed by atoms with E-state index in [4.69, 9.17) is 11.6 Å². The average Bonchev–Trinajstić information content (AvgIpc) is 2.41. The molecule has 0 radical (unpaired) electrons. The Hall–Kier alpha value is -2.14. The number of aliphatic carboxylic acids is 1. The molecule has 0 bridgehead atoms. The van der Waals surface area contributed by atoms with Crippen LogP contribution in [0, 0.1) is 11.6 Å². The molecule has 2 aromatic carbocycles.